The molecule has 1 saturated heterocycles. The Balaban J connectivity index is 1.10. The summed E-state index contributed by atoms with van der Waals surface area (Å²) >= 11 is 0. The number of benzene rings is 1. The van der Waals surface area contributed by atoms with Crippen LogP contribution in [0.3, 0.4) is 0 Å². The van der Waals surface area contributed by atoms with E-state index in [-0.39, 0.29) is 47.1 Å². The summed E-state index contributed by atoms with van der Waals surface area (Å²) in [5, 5.41) is 12.5. The third-order valence-electron chi connectivity index (χ3n) is 8.51. The van der Waals surface area contributed by atoms with E-state index in [1.54, 1.807) is 32.2 Å². The van der Waals surface area contributed by atoms with E-state index in [1.807, 2.05) is 18.7 Å². The molecule has 4 aromatic rings. The van der Waals surface area contributed by atoms with Gasteiger partial charge in [0.2, 0.25) is 16.8 Å². The number of hydrogen-bond acceptors (Lipinski definition) is 7. The van der Waals surface area contributed by atoms with Crippen molar-refractivity contribution in [2.24, 2.45) is 0 Å². The van der Waals surface area contributed by atoms with Crippen LogP contribution in [0.2, 0.25) is 0 Å². The van der Waals surface area contributed by atoms with Crippen molar-refractivity contribution in [2.45, 2.75) is 45.7 Å². The van der Waals surface area contributed by atoms with E-state index in [4.69, 9.17) is 0 Å². The summed E-state index contributed by atoms with van der Waals surface area (Å²) in [6.07, 6.45) is 4.57. The second-order valence-electron chi connectivity index (χ2n) is 11.5. The molecule has 1 saturated carbocycles. The minimum atomic E-state index is -1.35. The second-order valence-corrected chi connectivity index (χ2v) is 11.5. The van der Waals surface area contributed by atoms with E-state index in [0.29, 0.717) is 49.3 Å². The third-order valence-corrected chi connectivity index (χ3v) is 8.51. The van der Waals surface area contributed by atoms with Gasteiger partial charge >= 0.3 is 5.97 Å². The molecule has 2 N–H and O–H groups in total. The molecule has 45 heavy (non-hydrogen) atoms. The number of nitrogens with one attached hydrogen (secondary N) is 1. The summed E-state index contributed by atoms with van der Waals surface area (Å²) in [7, 11) is 0. The van der Waals surface area contributed by atoms with Crippen molar-refractivity contribution in [3.05, 3.63) is 79.7 Å². The number of hydrogen-bond donors (Lipinski definition) is 2. The molecule has 0 bridgehead atoms. The zero-order valence-electron chi connectivity index (χ0n) is 25.0. The standard InChI is InChI=1S/C32H33FN6O6/c1-3-36-16-22(28(41)20-7-4-18(2)35-30(20)36)31(43)34-9-8-27(40)38-12-10-37(11-13-38)26-15-25-21(14-24(26)33)29(42)23(32(44)45)17-39(25)19-5-6-19/h4,7,14-17,19H,3,5-6,8-13H2,1-2H3,(H,34,43)(H,44,45). The fourth-order valence-corrected chi connectivity index (χ4v) is 5.90. The summed E-state index contributed by atoms with van der Waals surface area (Å²) in [5.41, 5.74) is 0.525. The lowest BCUT2D eigenvalue weighted by molar-refractivity contribution is -0.131. The van der Waals surface area contributed by atoms with Gasteiger partial charge in [0.05, 0.1) is 16.6 Å². The molecule has 3 aromatic heterocycles. The molecule has 234 valence electrons. The maximum absolute atomic E-state index is 15.3. The van der Waals surface area contributed by atoms with Gasteiger partial charge in [0.25, 0.3) is 5.91 Å². The minimum absolute atomic E-state index is 0.0141. The van der Waals surface area contributed by atoms with Crippen molar-refractivity contribution in [1.82, 2.24) is 24.3 Å². The lowest BCUT2D eigenvalue weighted by Gasteiger charge is -2.36. The number of carbonyl (C=O) groups excluding carboxylic acids is 2. The number of carbonyl (C=O) groups is 3. The Kier molecular flexibility index (Phi) is 7.85. The molecule has 1 aliphatic carbocycles. The Bertz CT molecular complexity index is 1990. The Morgan fingerprint density at radius 2 is 1.71 bits per heavy atom. The number of fused-ring (bicyclic) bond motifs is 2. The summed E-state index contributed by atoms with van der Waals surface area (Å²) in [6.45, 7) is 5.65. The molecule has 4 heterocycles. The number of aromatic nitrogens is 3. The van der Waals surface area contributed by atoms with Crippen LogP contribution in [0.15, 0.2) is 46.2 Å². The van der Waals surface area contributed by atoms with Crippen LogP contribution in [0.5, 0.6) is 0 Å². The smallest absolute Gasteiger partial charge is 0.341 e. The van der Waals surface area contributed by atoms with Gasteiger partial charge in [-0.1, -0.05) is 0 Å². The number of halogens is 1. The number of pyridine rings is 3. The zero-order chi connectivity index (χ0) is 32.0. The van der Waals surface area contributed by atoms with Crippen molar-refractivity contribution in [1.29, 1.82) is 0 Å². The van der Waals surface area contributed by atoms with Crippen molar-refractivity contribution in [2.75, 3.05) is 37.6 Å². The predicted molar refractivity (Wildman–Crippen MR) is 166 cm³/mol. The highest BCUT2D eigenvalue weighted by atomic mass is 19.1. The van der Waals surface area contributed by atoms with Crippen LogP contribution in [-0.2, 0) is 11.3 Å². The monoisotopic (exact) mass is 616 g/mol. The average molecular weight is 617 g/mol. The molecule has 0 spiro atoms. The first kappa shape index (κ1) is 30.0. The van der Waals surface area contributed by atoms with Crippen LogP contribution in [0.25, 0.3) is 21.9 Å². The molecule has 2 aliphatic rings. The molecule has 2 fully saturated rings. The Hall–Kier alpha value is -5.07. The first-order chi connectivity index (χ1) is 21.6. The Morgan fingerprint density at radius 1 is 1.00 bits per heavy atom. The van der Waals surface area contributed by atoms with E-state index in [0.717, 1.165) is 24.6 Å². The van der Waals surface area contributed by atoms with E-state index in [2.05, 4.69) is 10.3 Å². The van der Waals surface area contributed by atoms with Gasteiger partial charge in [-0.05, 0) is 51.0 Å². The molecular formula is C32H33FN6O6. The predicted octanol–water partition coefficient (Wildman–Crippen LogP) is 2.68. The number of piperazine rings is 1. The van der Waals surface area contributed by atoms with Gasteiger partial charge < -0.3 is 29.4 Å². The van der Waals surface area contributed by atoms with Gasteiger partial charge in [0.15, 0.2) is 0 Å². The van der Waals surface area contributed by atoms with Crippen molar-refractivity contribution < 1.29 is 23.9 Å². The summed E-state index contributed by atoms with van der Waals surface area (Å²) in [6, 6.07) is 6.16. The number of amides is 2. The molecule has 13 heteroatoms. The molecular weight excluding hydrogens is 583 g/mol. The lowest BCUT2D eigenvalue weighted by atomic mass is 10.1. The van der Waals surface area contributed by atoms with Crippen LogP contribution < -0.4 is 21.1 Å². The van der Waals surface area contributed by atoms with Crippen LogP contribution in [0, 0.1) is 12.7 Å². The highest BCUT2D eigenvalue weighted by Gasteiger charge is 2.29. The molecule has 0 unspecified atom stereocenters. The zero-order valence-corrected chi connectivity index (χ0v) is 25.0. The van der Waals surface area contributed by atoms with Gasteiger partial charge in [0.1, 0.15) is 22.6 Å². The van der Waals surface area contributed by atoms with Gasteiger partial charge in [-0.25, -0.2) is 14.2 Å². The number of aromatic carboxylic acids is 1. The number of anilines is 1. The number of carboxylic acids is 1. The first-order valence-corrected chi connectivity index (χ1v) is 15.0. The highest BCUT2D eigenvalue weighted by molar-refractivity contribution is 5.97. The largest absolute Gasteiger partial charge is 0.477 e. The topological polar surface area (TPSA) is 147 Å². The van der Waals surface area contributed by atoms with E-state index < -0.39 is 28.6 Å². The molecule has 1 aromatic carbocycles. The average Bonchev–Trinajstić information content (AvgIpc) is 3.87. The molecule has 12 nitrogen and oxygen atoms in total. The fraction of sp³-hybridized carbons (Fsp3) is 0.375. The quantitative estimate of drug-likeness (QED) is 0.307. The normalized spacial score (nSPS) is 15.1. The molecule has 6 rings (SSSR count). The minimum Gasteiger partial charge on any atom is -0.477 e. The fourth-order valence-electron chi connectivity index (χ4n) is 5.90. The summed E-state index contributed by atoms with van der Waals surface area (Å²) in [5.74, 6) is -2.72. The maximum atomic E-state index is 15.3. The van der Waals surface area contributed by atoms with Crippen molar-refractivity contribution in [3.8, 4) is 0 Å². The van der Waals surface area contributed by atoms with Gasteiger partial charge in [-0.3, -0.25) is 19.2 Å². The van der Waals surface area contributed by atoms with Gasteiger partial charge in [-0.15, -0.1) is 0 Å². The van der Waals surface area contributed by atoms with Crippen LogP contribution in [0.1, 0.15) is 58.6 Å². The molecule has 2 amide bonds. The van der Waals surface area contributed by atoms with Gasteiger partial charge in [0, 0.05) is 75.2 Å². The number of carboxylic acid groups (broad SMARTS) is 1. The molecule has 1 aliphatic heterocycles. The van der Waals surface area contributed by atoms with Gasteiger partial charge in [-0.2, -0.15) is 0 Å². The number of rotatable bonds is 8. The molecule has 0 atom stereocenters. The van der Waals surface area contributed by atoms with Crippen LogP contribution in [-0.4, -0.2) is 74.6 Å². The number of nitrogens with zero attached hydrogens (tertiary/aromatic N) is 5. The van der Waals surface area contributed by atoms with E-state index >= 15 is 4.39 Å². The number of aryl methyl sites for hydroxylation is 2. The van der Waals surface area contributed by atoms with Crippen molar-refractivity contribution >= 4 is 45.4 Å². The molecule has 0 radical (unpaired) electrons. The lowest BCUT2D eigenvalue weighted by Crippen LogP contribution is -2.49. The summed E-state index contributed by atoms with van der Waals surface area (Å²) in [4.78, 5) is 71.1. The summed E-state index contributed by atoms with van der Waals surface area (Å²) < 4.78 is 18.8. The SMILES string of the molecule is CCn1cc(C(=O)NCCC(=O)N2CCN(c3cc4c(cc3F)c(=O)c(C(=O)O)cn4C3CC3)CC2)c(=O)c2ccc(C)nc21. The van der Waals surface area contributed by atoms with Crippen molar-refractivity contribution in [3.63, 3.8) is 0 Å². The van der Waals surface area contributed by atoms with E-state index in [1.165, 1.54) is 12.4 Å². The van der Waals surface area contributed by atoms with E-state index in [9.17, 15) is 29.1 Å². The Labute approximate surface area is 256 Å². The maximum Gasteiger partial charge on any atom is 0.341 e. The van der Waals surface area contributed by atoms with Crippen LogP contribution >= 0.6 is 0 Å². The highest BCUT2D eigenvalue weighted by Crippen LogP contribution is 2.38. The first-order valence-electron chi connectivity index (χ1n) is 15.0. The third kappa shape index (κ3) is 5.65. The second kappa shape index (κ2) is 11.8. The Morgan fingerprint density at radius 3 is 2.38 bits per heavy atom. The van der Waals surface area contributed by atoms with Crippen LogP contribution in [0.4, 0.5) is 10.1 Å².